The number of aliphatic hydroxyl groups is 1. The fourth-order valence-electron chi connectivity index (χ4n) is 1.16. The molecule has 0 aliphatic heterocycles. The van der Waals surface area contributed by atoms with Crippen LogP contribution in [0.4, 0.5) is 0 Å². The van der Waals surface area contributed by atoms with Crippen LogP contribution >= 0.6 is 0 Å². The van der Waals surface area contributed by atoms with E-state index in [2.05, 4.69) is 6.92 Å². The standard InChI is InChI=1S/C12H22O2/c1-4-7-8-9-10-14-12(6-3)11(13)5-2/h5-6,13H,4,7-10H2,1-3H3. The first-order valence-electron chi connectivity index (χ1n) is 5.41. The number of unbranched alkanes of at least 4 members (excludes halogenated alkanes) is 3. The van der Waals surface area contributed by atoms with Gasteiger partial charge in [0.05, 0.1) is 6.61 Å². The molecule has 2 heteroatoms. The second-order valence-corrected chi connectivity index (χ2v) is 3.24. The highest BCUT2D eigenvalue weighted by atomic mass is 16.5. The molecule has 14 heavy (non-hydrogen) atoms. The van der Waals surface area contributed by atoms with Crippen LogP contribution in [0.3, 0.4) is 0 Å². The van der Waals surface area contributed by atoms with E-state index in [1.807, 2.05) is 6.92 Å². The zero-order valence-corrected chi connectivity index (χ0v) is 9.55. The fraction of sp³-hybridized carbons (Fsp3) is 0.667. The van der Waals surface area contributed by atoms with E-state index >= 15 is 0 Å². The number of allylic oxidation sites excluding steroid dienone is 2. The number of hydrogen-bond donors (Lipinski definition) is 1. The van der Waals surface area contributed by atoms with E-state index in [0.717, 1.165) is 6.42 Å². The lowest BCUT2D eigenvalue weighted by molar-refractivity contribution is 0.187. The highest BCUT2D eigenvalue weighted by Gasteiger charge is 2.00. The van der Waals surface area contributed by atoms with Gasteiger partial charge in [-0.25, -0.2) is 0 Å². The van der Waals surface area contributed by atoms with Crippen molar-refractivity contribution in [3.8, 4) is 0 Å². The maximum atomic E-state index is 9.39. The van der Waals surface area contributed by atoms with Crippen LogP contribution in [0.15, 0.2) is 23.7 Å². The van der Waals surface area contributed by atoms with E-state index in [1.54, 1.807) is 19.1 Å². The Balaban J connectivity index is 3.65. The zero-order valence-electron chi connectivity index (χ0n) is 9.55. The van der Waals surface area contributed by atoms with Gasteiger partial charge in [-0.1, -0.05) is 26.2 Å². The summed E-state index contributed by atoms with van der Waals surface area (Å²) in [6, 6.07) is 0. The molecule has 82 valence electrons. The van der Waals surface area contributed by atoms with Gasteiger partial charge in [0.15, 0.2) is 11.5 Å². The Morgan fingerprint density at radius 3 is 2.36 bits per heavy atom. The number of hydrogen-bond acceptors (Lipinski definition) is 2. The van der Waals surface area contributed by atoms with E-state index in [9.17, 15) is 5.11 Å². The van der Waals surface area contributed by atoms with Crippen molar-refractivity contribution in [3.63, 3.8) is 0 Å². The van der Waals surface area contributed by atoms with Crippen LogP contribution in [-0.2, 0) is 4.74 Å². The summed E-state index contributed by atoms with van der Waals surface area (Å²) < 4.78 is 5.43. The van der Waals surface area contributed by atoms with Gasteiger partial charge in [-0.05, 0) is 32.4 Å². The maximum absolute atomic E-state index is 9.39. The van der Waals surface area contributed by atoms with Crippen molar-refractivity contribution in [1.82, 2.24) is 0 Å². The van der Waals surface area contributed by atoms with Crippen LogP contribution in [0.5, 0.6) is 0 Å². The molecular weight excluding hydrogens is 176 g/mol. The third-order valence-electron chi connectivity index (χ3n) is 2.04. The molecule has 0 aliphatic rings. The smallest absolute Gasteiger partial charge is 0.156 e. The quantitative estimate of drug-likeness (QED) is 0.381. The summed E-state index contributed by atoms with van der Waals surface area (Å²) in [4.78, 5) is 0. The van der Waals surface area contributed by atoms with E-state index in [-0.39, 0.29) is 5.76 Å². The summed E-state index contributed by atoms with van der Waals surface area (Å²) in [5.74, 6) is 0.812. The lowest BCUT2D eigenvalue weighted by Crippen LogP contribution is -1.98. The molecule has 0 saturated carbocycles. The average Bonchev–Trinajstić information content (AvgIpc) is 2.22. The Morgan fingerprint density at radius 1 is 1.14 bits per heavy atom. The molecule has 0 atom stereocenters. The van der Waals surface area contributed by atoms with E-state index in [1.165, 1.54) is 19.3 Å². The molecule has 0 aromatic heterocycles. The number of ether oxygens (including phenoxy) is 1. The number of aliphatic hydroxyl groups excluding tert-OH is 1. The van der Waals surface area contributed by atoms with Gasteiger partial charge in [0, 0.05) is 0 Å². The highest BCUT2D eigenvalue weighted by molar-refractivity contribution is 5.17. The molecule has 0 aliphatic carbocycles. The predicted octanol–water partition coefficient (Wildman–Crippen LogP) is 3.95. The lowest BCUT2D eigenvalue weighted by Gasteiger charge is -2.08. The normalized spacial score (nSPS) is 13.1. The predicted molar refractivity (Wildman–Crippen MR) is 60.2 cm³/mol. The molecule has 0 spiro atoms. The molecule has 0 saturated heterocycles. The third-order valence-corrected chi connectivity index (χ3v) is 2.04. The summed E-state index contributed by atoms with van der Waals surface area (Å²) in [7, 11) is 0. The second-order valence-electron chi connectivity index (χ2n) is 3.24. The van der Waals surface area contributed by atoms with Crippen molar-refractivity contribution >= 4 is 0 Å². The van der Waals surface area contributed by atoms with Gasteiger partial charge in [0.1, 0.15) is 0 Å². The lowest BCUT2D eigenvalue weighted by atomic mass is 10.2. The average molecular weight is 198 g/mol. The number of rotatable bonds is 7. The van der Waals surface area contributed by atoms with Gasteiger partial charge in [-0.15, -0.1) is 0 Å². The van der Waals surface area contributed by atoms with Crippen molar-refractivity contribution in [1.29, 1.82) is 0 Å². The topological polar surface area (TPSA) is 29.5 Å². The van der Waals surface area contributed by atoms with Crippen molar-refractivity contribution in [3.05, 3.63) is 23.7 Å². The molecule has 0 aromatic rings. The molecule has 0 heterocycles. The Labute approximate surface area is 87.3 Å². The molecule has 0 aromatic carbocycles. The second kappa shape index (κ2) is 8.67. The summed E-state index contributed by atoms with van der Waals surface area (Å²) in [6.45, 7) is 6.53. The van der Waals surface area contributed by atoms with Gasteiger partial charge in [0.2, 0.25) is 0 Å². The highest BCUT2D eigenvalue weighted by Crippen LogP contribution is 2.09. The molecule has 0 fully saturated rings. The summed E-state index contributed by atoms with van der Waals surface area (Å²) >= 11 is 0. The fourth-order valence-corrected chi connectivity index (χ4v) is 1.16. The van der Waals surface area contributed by atoms with Crippen molar-refractivity contribution in [2.75, 3.05) is 6.61 Å². The molecule has 0 bridgehead atoms. The van der Waals surface area contributed by atoms with Crippen molar-refractivity contribution in [2.45, 2.75) is 46.5 Å². The molecule has 2 nitrogen and oxygen atoms in total. The molecule has 0 amide bonds. The molecule has 0 rings (SSSR count). The van der Waals surface area contributed by atoms with Crippen LogP contribution < -0.4 is 0 Å². The van der Waals surface area contributed by atoms with Gasteiger partial charge in [0.25, 0.3) is 0 Å². The Hall–Kier alpha value is -0.920. The van der Waals surface area contributed by atoms with Gasteiger partial charge in [-0.2, -0.15) is 0 Å². The Morgan fingerprint density at radius 2 is 1.86 bits per heavy atom. The van der Waals surface area contributed by atoms with Crippen molar-refractivity contribution < 1.29 is 9.84 Å². The first kappa shape index (κ1) is 13.1. The van der Waals surface area contributed by atoms with E-state index in [4.69, 9.17) is 4.74 Å². The van der Waals surface area contributed by atoms with Gasteiger partial charge < -0.3 is 9.84 Å². The molecular formula is C12H22O2. The molecule has 1 N–H and O–H groups in total. The Kier molecular flexibility index (Phi) is 8.10. The van der Waals surface area contributed by atoms with E-state index in [0.29, 0.717) is 12.4 Å². The minimum absolute atomic E-state index is 0.225. The Bertz CT molecular complexity index is 192. The van der Waals surface area contributed by atoms with E-state index < -0.39 is 0 Å². The van der Waals surface area contributed by atoms with Gasteiger partial charge in [-0.3, -0.25) is 0 Å². The first-order chi connectivity index (χ1) is 6.76. The molecule has 0 radical (unpaired) electrons. The van der Waals surface area contributed by atoms with Crippen LogP contribution in [0.1, 0.15) is 46.5 Å². The largest absolute Gasteiger partial charge is 0.504 e. The minimum Gasteiger partial charge on any atom is -0.504 e. The van der Waals surface area contributed by atoms with Crippen LogP contribution in [-0.4, -0.2) is 11.7 Å². The SMILES string of the molecule is CC=C(O)C(=CC)OCCCCCC. The van der Waals surface area contributed by atoms with Crippen LogP contribution in [0.2, 0.25) is 0 Å². The zero-order chi connectivity index (χ0) is 10.8. The summed E-state index contributed by atoms with van der Waals surface area (Å²) in [5, 5.41) is 9.39. The van der Waals surface area contributed by atoms with Crippen LogP contribution in [0, 0.1) is 0 Å². The minimum atomic E-state index is 0.225. The first-order valence-corrected chi connectivity index (χ1v) is 5.41. The van der Waals surface area contributed by atoms with Gasteiger partial charge >= 0.3 is 0 Å². The van der Waals surface area contributed by atoms with Crippen molar-refractivity contribution in [2.24, 2.45) is 0 Å². The molecule has 0 unspecified atom stereocenters. The monoisotopic (exact) mass is 198 g/mol. The summed E-state index contributed by atoms with van der Waals surface area (Å²) in [5.41, 5.74) is 0. The van der Waals surface area contributed by atoms with Crippen LogP contribution in [0.25, 0.3) is 0 Å². The summed E-state index contributed by atoms with van der Waals surface area (Å²) in [6.07, 6.45) is 8.17. The third kappa shape index (κ3) is 5.68. The maximum Gasteiger partial charge on any atom is 0.156 e.